The van der Waals surface area contributed by atoms with Crippen molar-refractivity contribution < 1.29 is 4.79 Å². The average molecular weight is 476 g/mol. The Kier molecular flexibility index (Phi) is 7.13. The van der Waals surface area contributed by atoms with Crippen LogP contribution in [-0.4, -0.2) is 16.3 Å². The molecule has 0 spiro atoms. The first kappa shape index (κ1) is 23.3. The fourth-order valence-corrected chi connectivity index (χ4v) is 3.62. The molecule has 0 aliphatic rings. The van der Waals surface area contributed by atoms with Crippen molar-refractivity contribution >= 4 is 12.0 Å². The van der Waals surface area contributed by atoms with E-state index in [1.165, 1.54) is 0 Å². The number of anilines is 1. The fourth-order valence-electron chi connectivity index (χ4n) is 3.62. The zero-order valence-corrected chi connectivity index (χ0v) is 19.9. The van der Waals surface area contributed by atoms with Gasteiger partial charge in [0.25, 0.3) is 0 Å². The number of hydrogen-bond acceptors (Lipinski definition) is 4. The summed E-state index contributed by atoms with van der Waals surface area (Å²) in [4.78, 5) is 21.5. The number of carbonyl (C=O) groups is 1. The number of benzene rings is 3. The third-order valence-electron chi connectivity index (χ3n) is 5.60. The van der Waals surface area contributed by atoms with Crippen molar-refractivity contribution in [3.05, 3.63) is 138 Å². The van der Waals surface area contributed by atoms with Gasteiger partial charge in [-0.05, 0) is 84.6 Å². The second kappa shape index (κ2) is 11.3. The van der Waals surface area contributed by atoms with E-state index in [-0.39, 0.29) is 0 Å². The summed E-state index contributed by atoms with van der Waals surface area (Å²) in [7, 11) is 0. The second-order valence-electron chi connectivity index (χ2n) is 8.10. The molecular weight excluding hydrogens is 454 g/mol. The fraction of sp³-hybridized carbons (Fsp3) is 0. The van der Waals surface area contributed by atoms with Gasteiger partial charge in [-0.2, -0.15) is 0 Å². The van der Waals surface area contributed by atoms with Gasteiger partial charge in [0.1, 0.15) is 6.29 Å². The van der Waals surface area contributed by atoms with Crippen molar-refractivity contribution in [2.75, 3.05) is 4.90 Å². The molecule has 0 fully saturated rings. The highest BCUT2D eigenvalue weighted by atomic mass is 16.1. The molecule has 0 N–H and O–H groups in total. The molecule has 0 aliphatic carbocycles. The maximum atomic E-state index is 11.1. The molecule has 0 radical (unpaired) electrons. The average Bonchev–Trinajstić information content (AvgIpc) is 2.99. The molecule has 0 saturated carbocycles. The minimum absolute atomic E-state index is 0.597. The molecule has 5 rings (SSSR count). The minimum atomic E-state index is 0.597. The van der Waals surface area contributed by atoms with Crippen LogP contribution in [0.4, 0.5) is 5.69 Å². The van der Waals surface area contributed by atoms with Gasteiger partial charge >= 0.3 is 0 Å². The first-order chi connectivity index (χ1) is 18.3. The van der Waals surface area contributed by atoms with E-state index in [0.29, 0.717) is 5.56 Å². The lowest BCUT2D eigenvalue weighted by Gasteiger charge is -2.09. The van der Waals surface area contributed by atoms with E-state index in [2.05, 4.69) is 33.9 Å². The topological polar surface area (TPSA) is 46.1 Å². The Morgan fingerprint density at radius 3 is 1.46 bits per heavy atom. The smallest absolute Gasteiger partial charge is 0.150 e. The van der Waals surface area contributed by atoms with Crippen molar-refractivity contribution in [1.82, 2.24) is 9.97 Å². The molecule has 174 valence electrons. The Morgan fingerprint density at radius 1 is 0.568 bits per heavy atom. The predicted molar refractivity (Wildman–Crippen MR) is 147 cm³/mol. The zero-order valence-electron chi connectivity index (χ0n) is 19.9. The SMILES string of the molecule is O=Cc1ccc(N(C#Cc2ccc(-c3ccccn3)cc2)C#Cc2ccc(-c3ccccn3)cc2)cc1. The standard InChI is InChI=1S/C33H21N3O/c37-25-28-11-17-31(18-12-28)36(23-19-26-7-13-29(14-8-26)32-5-1-3-21-34-32)24-20-27-9-15-30(16-10-27)33-6-2-4-22-35-33/h1-18,21-22,25H. The number of carbonyl (C=O) groups excluding carboxylic acids is 1. The number of pyridine rings is 2. The van der Waals surface area contributed by atoms with Crippen LogP contribution in [0.25, 0.3) is 22.5 Å². The summed E-state index contributed by atoms with van der Waals surface area (Å²) >= 11 is 0. The van der Waals surface area contributed by atoms with Crippen LogP contribution in [0.1, 0.15) is 21.5 Å². The summed E-state index contributed by atoms with van der Waals surface area (Å²) in [6.45, 7) is 0. The summed E-state index contributed by atoms with van der Waals surface area (Å²) in [5.74, 6) is 6.39. The highest BCUT2D eigenvalue weighted by Crippen LogP contribution is 2.18. The first-order valence-corrected chi connectivity index (χ1v) is 11.7. The van der Waals surface area contributed by atoms with E-state index in [9.17, 15) is 4.79 Å². The van der Waals surface area contributed by atoms with Gasteiger partial charge in [0, 0.05) is 52.3 Å². The van der Waals surface area contributed by atoms with Gasteiger partial charge in [-0.25, -0.2) is 4.90 Å². The molecule has 5 aromatic rings. The summed E-state index contributed by atoms with van der Waals surface area (Å²) in [6.07, 6.45) is 4.38. The maximum absolute atomic E-state index is 11.1. The Hall–Kier alpha value is -5.45. The van der Waals surface area contributed by atoms with Crippen molar-refractivity contribution in [3.8, 4) is 46.4 Å². The first-order valence-electron chi connectivity index (χ1n) is 11.7. The highest BCUT2D eigenvalue weighted by molar-refractivity contribution is 5.76. The number of aromatic nitrogens is 2. The van der Waals surface area contributed by atoms with Crippen LogP contribution in [0.2, 0.25) is 0 Å². The van der Waals surface area contributed by atoms with Gasteiger partial charge in [-0.15, -0.1) is 0 Å². The molecule has 0 atom stereocenters. The number of hydrogen-bond donors (Lipinski definition) is 0. The van der Waals surface area contributed by atoms with Gasteiger partial charge in [-0.1, -0.05) is 36.4 Å². The van der Waals surface area contributed by atoms with Crippen LogP contribution in [0.3, 0.4) is 0 Å². The van der Waals surface area contributed by atoms with Crippen molar-refractivity contribution in [2.45, 2.75) is 0 Å². The molecule has 0 aliphatic heterocycles. The number of rotatable bonds is 4. The van der Waals surface area contributed by atoms with Gasteiger partial charge in [-0.3, -0.25) is 14.8 Å². The van der Waals surface area contributed by atoms with Crippen LogP contribution in [0.15, 0.2) is 122 Å². The summed E-state index contributed by atoms with van der Waals surface area (Å²) in [6, 6.07) is 41.0. The molecule has 37 heavy (non-hydrogen) atoms. The third kappa shape index (κ3) is 5.98. The lowest BCUT2D eigenvalue weighted by molar-refractivity contribution is 0.112. The Balaban J connectivity index is 1.41. The van der Waals surface area contributed by atoms with E-state index in [1.54, 1.807) is 29.4 Å². The van der Waals surface area contributed by atoms with Crippen LogP contribution >= 0.6 is 0 Å². The van der Waals surface area contributed by atoms with E-state index in [4.69, 9.17) is 0 Å². The molecule has 2 aromatic heterocycles. The lowest BCUT2D eigenvalue weighted by Crippen LogP contribution is -2.08. The second-order valence-corrected chi connectivity index (χ2v) is 8.10. The summed E-state index contributed by atoms with van der Waals surface area (Å²) in [5, 5.41) is 0. The molecule has 0 unspecified atom stereocenters. The zero-order chi connectivity index (χ0) is 25.3. The molecule has 2 heterocycles. The minimum Gasteiger partial charge on any atom is -0.298 e. The molecule has 0 bridgehead atoms. The van der Waals surface area contributed by atoms with Crippen molar-refractivity contribution in [2.24, 2.45) is 0 Å². The normalized spacial score (nSPS) is 9.84. The number of nitrogens with zero attached hydrogens (tertiary/aromatic N) is 3. The maximum Gasteiger partial charge on any atom is 0.150 e. The predicted octanol–water partition coefficient (Wildman–Crippen LogP) is 6.45. The largest absolute Gasteiger partial charge is 0.298 e. The van der Waals surface area contributed by atoms with Gasteiger partial charge < -0.3 is 0 Å². The third-order valence-corrected chi connectivity index (χ3v) is 5.60. The lowest BCUT2D eigenvalue weighted by atomic mass is 10.1. The van der Waals surface area contributed by atoms with E-state index < -0.39 is 0 Å². The Labute approximate surface area is 216 Å². The van der Waals surface area contributed by atoms with Crippen LogP contribution in [0.5, 0.6) is 0 Å². The molecule has 4 heteroatoms. The van der Waals surface area contributed by atoms with Gasteiger partial charge in [0.05, 0.1) is 17.1 Å². The number of aldehydes is 1. The van der Waals surface area contributed by atoms with Crippen LogP contribution in [-0.2, 0) is 0 Å². The van der Waals surface area contributed by atoms with Gasteiger partial charge in [0.2, 0.25) is 0 Å². The van der Waals surface area contributed by atoms with Gasteiger partial charge in [0.15, 0.2) is 0 Å². The van der Waals surface area contributed by atoms with Crippen molar-refractivity contribution in [1.29, 1.82) is 0 Å². The van der Waals surface area contributed by atoms with Crippen LogP contribution < -0.4 is 4.90 Å². The molecular formula is C33H21N3O. The van der Waals surface area contributed by atoms with E-state index in [0.717, 1.165) is 45.6 Å². The Bertz CT molecular complexity index is 1500. The molecule has 0 amide bonds. The molecule has 0 saturated heterocycles. The highest BCUT2D eigenvalue weighted by Gasteiger charge is 2.03. The van der Waals surface area contributed by atoms with E-state index >= 15 is 0 Å². The van der Waals surface area contributed by atoms with E-state index in [1.807, 2.05) is 97.1 Å². The summed E-state index contributed by atoms with van der Waals surface area (Å²) in [5.41, 5.74) is 6.98. The monoisotopic (exact) mass is 475 g/mol. The molecule has 3 aromatic carbocycles. The molecule has 4 nitrogen and oxygen atoms in total. The Morgan fingerprint density at radius 2 is 1.05 bits per heavy atom. The quantitative estimate of drug-likeness (QED) is 0.170. The summed E-state index contributed by atoms with van der Waals surface area (Å²) < 4.78 is 0. The van der Waals surface area contributed by atoms with Crippen LogP contribution in [0, 0.1) is 23.9 Å². The van der Waals surface area contributed by atoms with Crippen molar-refractivity contribution in [3.63, 3.8) is 0 Å².